The Morgan fingerprint density at radius 3 is 2.80 bits per heavy atom. The fourth-order valence-electron chi connectivity index (χ4n) is 1.40. The summed E-state index contributed by atoms with van der Waals surface area (Å²) in [6.07, 6.45) is 1.27. The van der Waals surface area contributed by atoms with Gasteiger partial charge in [-0.25, -0.2) is 4.39 Å². The summed E-state index contributed by atoms with van der Waals surface area (Å²) in [7, 11) is 0. The third kappa shape index (κ3) is 3.85. The maximum Gasteiger partial charge on any atom is 0.123 e. The molecule has 0 aliphatic carbocycles. The molecule has 0 heterocycles. The molecule has 0 aliphatic rings. The van der Waals surface area contributed by atoms with Gasteiger partial charge in [-0.2, -0.15) is 0 Å². The van der Waals surface area contributed by atoms with Crippen molar-refractivity contribution in [2.75, 3.05) is 6.54 Å². The number of benzene rings is 1. The third-order valence-corrected chi connectivity index (χ3v) is 2.30. The Balaban J connectivity index is 2.46. The molecule has 1 rings (SSSR count). The molecule has 0 bridgehead atoms. The summed E-state index contributed by atoms with van der Waals surface area (Å²) >= 11 is 0. The van der Waals surface area contributed by atoms with Crippen molar-refractivity contribution >= 4 is 0 Å². The van der Waals surface area contributed by atoms with Crippen molar-refractivity contribution in [1.82, 2.24) is 0 Å². The van der Waals surface area contributed by atoms with Gasteiger partial charge >= 0.3 is 0 Å². The topological polar surface area (TPSA) is 66.5 Å². The molecule has 0 radical (unpaired) electrons. The van der Waals surface area contributed by atoms with Crippen molar-refractivity contribution in [1.29, 1.82) is 0 Å². The van der Waals surface area contributed by atoms with Crippen molar-refractivity contribution in [3.8, 4) is 5.75 Å². The van der Waals surface area contributed by atoms with Crippen LogP contribution in [-0.2, 0) is 6.42 Å². The van der Waals surface area contributed by atoms with Crippen LogP contribution in [0.4, 0.5) is 4.39 Å². The SMILES string of the molecule is NCC(O)CCCc1cc(F)ccc1O. The van der Waals surface area contributed by atoms with Crippen LogP contribution in [-0.4, -0.2) is 22.9 Å². The summed E-state index contributed by atoms with van der Waals surface area (Å²) in [4.78, 5) is 0. The largest absolute Gasteiger partial charge is 0.508 e. The van der Waals surface area contributed by atoms with Crippen molar-refractivity contribution in [3.05, 3.63) is 29.6 Å². The van der Waals surface area contributed by atoms with Crippen molar-refractivity contribution in [2.45, 2.75) is 25.4 Å². The molecule has 4 N–H and O–H groups in total. The number of halogens is 1. The zero-order valence-corrected chi connectivity index (χ0v) is 8.49. The molecule has 0 aromatic heterocycles. The molecule has 0 fully saturated rings. The summed E-state index contributed by atoms with van der Waals surface area (Å²) in [6.45, 7) is 0.231. The lowest BCUT2D eigenvalue weighted by Crippen LogP contribution is -2.19. The monoisotopic (exact) mass is 213 g/mol. The number of phenolic OH excluding ortho intramolecular Hbond substituents is 1. The van der Waals surface area contributed by atoms with Gasteiger partial charge in [0.15, 0.2) is 0 Å². The van der Waals surface area contributed by atoms with E-state index in [4.69, 9.17) is 5.73 Å². The Morgan fingerprint density at radius 2 is 2.13 bits per heavy atom. The maximum atomic E-state index is 12.8. The molecule has 15 heavy (non-hydrogen) atoms. The molecule has 0 aliphatic heterocycles. The van der Waals surface area contributed by atoms with Crippen LogP contribution in [0.2, 0.25) is 0 Å². The number of rotatable bonds is 5. The van der Waals surface area contributed by atoms with Gasteiger partial charge in [-0.3, -0.25) is 0 Å². The molecule has 1 atom stereocenters. The molecule has 1 aromatic carbocycles. The summed E-state index contributed by atoms with van der Waals surface area (Å²) in [5.74, 6) is -0.263. The smallest absolute Gasteiger partial charge is 0.123 e. The van der Waals surface area contributed by atoms with Gasteiger partial charge in [-0.1, -0.05) is 0 Å². The Kier molecular flexibility index (Phi) is 4.52. The van der Waals surface area contributed by atoms with Gasteiger partial charge < -0.3 is 15.9 Å². The van der Waals surface area contributed by atoms with E-state index < -0.39 is 6.10 Å². The fraction of sp³-hybridized carbons (Fsp3) is 0.455. The van der Waals surface area contributed by atoms with Crippen LogP contribution in [0.3, 0.4) is 0 Å². The lowest BCUT2D eigenvalue weighted by molar-refractivity contribution is 0.170. The van der Waals surface area contributed by atoms with Crippen molar-refractivity contribution < 1.29 is 14.6 Å². The number of aromatic hydroxyl groups is 1. The Morgan fingerprint density at radius 1 is 1.40 bits per heavy atom. The molecule has 1 aromatic rings. The highest BCUT2D eigenvalue weighted by Crippen LogP contribution is 2.20. The minimum absolute atomic E-state index is 0.0960. The molecule has 1 unspecified atom stereocenters. The first-order valence-electron chi connectivity index (χ1n) is 4.99. The number of aliphatic hydroxyl groups excluding tert-OH is 1. The summed E-state index contributed by atoms with van der Waals surface area (Å²) in [5, 5.41) is 18.6. The first-order chi connectivity index (χ1) is 7.13. The first-order valence-corrected chi connectivity index (χ1v) is 4.99. The van der Waals surface area contributed by atoms with E-state index in [0.29, 0.717) is 24.8 Å². The van der Waals surface area contributed by atoms with Gasteiger partial charge in [-0.05, 0) is 43.0 Å². The first kappa shape index (κ1) is 11.9. The second-order valence-electron chi connectivity index (χ2n) is 3.55. The van der Waals surface area contributed by atoms with Gasteiger partial charge in [0, 0.05) is 6.54 Å². The highest BCUT2D eigenvalue weighted by Gasteiger charge is 2.05. The lowest BCUT2D eigenvalue weighted by atomic mass is 10.0. The number of aliphatic hydroxyl groups is 1. The second-order valence-corrected chi connectivity index (χ2v) is 3.55. The van der Waals surface area contributed by atoms with E-state index in [1.807, 2.05) is 0 Å². The predicted molar refractivity (Wildman–Crippen MR) is 56.1 cm³/mol. The molecule has 84 valence electrons. The number of hydrogen-bond donors (Lipinski definition) is 3. The standard InChI is InChI=1S/C11H16FNO2/c12-9-4-5-11(15)8(6-9)2-1-3-10(14)7-13/h4-6,10,14-15H,1-3,7,13H2. The van der Waals surface area contributed by atoms with Crippen LogP contribution in [0.25, 0.3) is 0 Å². The highest BCUT2D eigenvalue weighted by atomic mass is 19.1. The molecule has 3 nitrogen and oxygen atoms in total. The van der Waals surface area contributed by atoms with Crippen LogP contribution in [0.5, 0.6) is 5.75 Å². The Bertz CT molecular complexity index is 317. The van der Waals surface area contributed by atoms with Gasteiger partial charge in [0.05, 0.1) is 6.10 Å². The van der Waals surface area contributed by atoms with Crippen LogP contribution in [0, 0.1) is 5.82 Å². The van der Waals surface area contributed by atoms with Gasteiger partial charge in [0.25, 0.3) is 0 Å². The molecular formula is C11H16FNO2. The molecule has 0 spiro atoms. The van der Waals surface area contributed by atoms with E-state index in [-0.39, 0.29) is 18.1 Å². The minimum atomic E-state index is -0.513. The predicted octanol–water partition coefficient (Wildman–Crippen LogP) is 1.17. The number of hydrogen-bond acceptors (Lipinski definition) is 3. The summed E-state index contributed by atoms with van der Waals surface area (Å²) < 4.78 is 12.8. The van der Waals surface area contributed by atoms with Crippen LogP contribution >= 0.6 is 0 Å². The number of phenols is 1. The zero-order chi connectivity index (χ0) is 11.3. The molecule has 0 saturated heterocycles. The van der Waals surface area contributed by atoms with Gasteiger partial charge in [0.2, 0.25) is 0 Å². The van der Waals surface area contributed by atoms with Gasteiger partial charge in [0.1, 0.15) is 11.6 Å². The van der Waals surface area contributed by atoms with E-state index in [2.05, 4.69) is 0 Å². The Hall–Kier alpha value is -1.13. The molecule has 0 saturated carbocycles. The minimum Gasteiger partial charge on any atom is -0.508 e. The molecular weight excluding hydrogens is 197 g/mol. The van der Waals surface area contributed by atoms with E-state index >= 15 is 0 Å². The second kappa shape index (κ2) is 5.68. The maximum absolute atomic E-state index is 12.8. The van der Waals surface area contributed by atoms with Crippen molar-refractivity contribution in [2.24, 2.45) is 5.73 Å². The summed E-state index contributed by atoms with van der Waals surface area (Å²) in [6, 6.07) is 3.86. The average molecular weight is 213 g/mol. The number of aryl methyl sites for hydroxylation is 1. The normalized spacial score (nSPS) is 12.7. The fourth-order valence-corrected chi connectivity index (χ4v) is 1.40. The van der Waals surface area contributed by atoms with Gasteiger partial charge in [-0.15, -0.1) is 0 Å². The average Bonchev–Trinajstić information content (AvgIpc) is 2.23. The van der Waals surface area contributed by atoms with E-state index in [1.54, 1.807) is 0 Å². The van der Waals surface area contributed by atoms with Crippen molar-refractivity contribution in [3.63, 3.8) is 0 Å². The van der Waals surface area contributed by atoms with E-state index in [9.17, 15) is 14.6 Å². The summed E-state index contributed by atoms with van der Waals surface area (Å²) in [5.41, 5.74) is 5.81. The quantitative estimate of drug-likeness (QED) is 0.688. The zero-order valence-electron chi connectivity index (χ0n) is 8.49. The molecule has 0 amide bonds. The third-order valence-electron chi connectivity index (χ3n) is 2.30. The lowest BCUT2D eigenvalue weighted by Gasteiger charge is -2.08. The van der Waals surface area contributed by atoms with E-state index in [0.717, 1.165) is 0 Å². The highest BCUT2D eigenvalue weighted by molar-refractivity contribution is 5.32. The molecule has 4 heteroatoms. The number of nitrogens with two attached hydrogens (primary N) is 1. The van der Waals surface area contributed by atoms with E-state index in [1.165, 1.54) is 18.2 Å². The van der Waals surface area contributed by atoms with Crippen LogP contribution in [0.1, 0.15) is 18.4 Å². The van der Waals surface area contributed by atoms with Crippen LogP contribution in [0.15, 0.2) is 18.2 Å². The Labute approximate surface area is 88.4 Å². The van der Waals surface area contributed by atoms with Crippen LogP contribution < -0.4 is 5.73 Å².